The Kier molecular flexibility index (Phi) is 4.22. The summed E-state index contributed by atoms with van der Waals surface area (Å²) in [5.74, 6) is 0.885. The zero-order chi connectivity index (χ0) is 11.5. The second kappa shape index (κ2) is 5.48. The third-order valence-corrected chi connectivity index (χ3v) is 4.47. The molecule has 2 atom stereocenters. The van der Waals surface area contributed by atoms with Crippen LogP contribution in [0.5, 0.6) is 0 Å². The molecule has 2 unspecified atom stereocenters. The van der Waals surface area contributed by atoms with Crippen LogP contribution in [0.3, 0.4) is 0 Å². The Bertz CT molecular complexity index is 209. The van der Waals surface area contributed by atoms with Gasteiger partial charge in [-0.05, 0) is 65.8 Å². The monoisotopic (exact) mass is 225 g/mol. The molecule has 0 radical (unpaired) electrons. The van der Waals surface area contributed by atoms with Crippen LogP contribution in [0, 0.1) is 5.92 Å². The van der Waals surface area contributed by atoms with Crippen molar-refractivity contribution in [3.05, 3.63) is 0 Å². The van der Waals surface area contributed by atoms with Crippen molar-refractivity contribution in [3.63, 3.8) is 0 Å². The smallest absolute Gasteiger partial charge is 0.0113 e. The summed E-state index contributed by atoms with van der Waals surface area (Å²) in [5.41, 5.74) is 0. The maximum Gasteiger partial charge on any atom is 0.0113 e. The van der Waals surface area contributed by atoms with Crippen molar-refractivity contribution < 1.29 is 0 Å². The summed E-state index contributed by atoms with van der Waals surface area (Å²) in [7, 11) is 4.42. The van der Waals surface area contributed by atoms with E-state index in [1.54, 1.807) is 0 Å². The molecule has 0 aliphatic carbocycles. The highest BCUT2D eigenvalue weighted by molar-refractivity contribution is 4.85. The number of rotatable bonds is 3. The molecule has 0 bridgehead atoms. The predicted octanol–water partition coefficient (Wildman–Crippen LogP) is 1.01. The quantitative estimate of drug-likeness (QED) is 0.773. The molecule has 0 aromatic carbocycles. The fourth-order valence-electron chi connectivity index (χ4n) is 3.11. The Morgan fingerprint density at radius 3 is 2.38 bits per heavy atom. The number of nitrogens with one attached hydrogen (secondary N) is 1. The van der Waals surface area contributed by atoms with Crippen molar-refractivity contribution in [3.8, 4) is 0 Å². The fourth-order valence-corrected chi connectivity index (χ4v) is 3.11. The lowest BCUT2D eigenvalue weighted by molar-refractivity contribution is 0.128. The van der Waals surface area contributed by atoms with E-state index in [4.69, 9.17) is 0 Å². The Balaban J connectivity index is 1.72. The zero-order valence-corrected chi connectivity index (χ0v) is 11.1. The molecule has 2 saturated heterocycles. The highest BCUT2D eigenvalue weighted by Gasteiger charge is 2.27. The number of likely N-dealkylation sites (tertiary alicyclic amines) is 1. The molecule has 0 aromatic rings. The average molecular weight is 225 g/mol. The number of hydrogen-bond donors (Lipinski definition) is 1. The molecule has 3 nitrogen and oxygen atoms in total. The normalized spacial score (nSPS) is 33.8. The topological polar surface area (TPSA) is 18.5 Å². The molecule has 94 valence electrons. The second-order valence-electron chi connectivity index (χ2n) is 5.79. The highest BCUT2D eigenvalue weighted by atomic mass is 15.2. The van der Waals surface area contributed by atoms with Crippen molar-refractivity contribution in [1.29, 1.82) is 0 Å². The van der Waals surface area contributed by atoms with Gasteiger partial charge in [-0.15, -0.1) is 0 Å². The van der Waals surface area contributed by atoms with Gasteiger partial charge in [0.2, 0.25) is 0 Å². The third-order valence-electron chi connectivity index (χ3n) is 4.47. The van der Waals surface area contributed by atoms with Gasteiger partial charge >= 0.3 is 0 Å². The molecule has 2 fully saturated rings. The van der Waals surface area contributed by atoms with Gasteiger partial charge in [0, 0.05) is 18.6 Å². The van der Waals surface area contributed by atoms with Gasteiger partial charge in [0.1, 0.15) is 0 Å². The van der Waals surface area contributed by atoms with Crippen LogP contribution in [0.25, 0.3) is 0 Å². The van der Waals surface area contributed by atoms with E-state index in [-0.39, 0.29) is 0 Å². The molecular weight excluding hydrogens is 198 g/mol. The SMILES string of the molecule is CC1NCCC1CN1CCC(N(C)C)CC1. The van der Waals surface area contributed by atoms with E-state index in [1.165, 1.54) is 45.4 Å². The van der Waals surface area contributed by atoms with E-state index < -0.39 is 0 Å². The van der Waals surface area contributed by atoms with Crippen molar-refractivity contribution in [2.45, 2.75) is 38.3 Å². The zero-order valence-electron chi connectivity index (χ0n) is 11.1. The fraction of sp³-hybridized carbons (Fsp3) is 1.00. The van der Waals surface area contributed by atoms with Gasteiger partial charge in [-0.1, -0.05) is 0 Å². The minimum Gasteiger partial charge on any atom is -0.314 e. The van der Waals surface area contributed by atoms with E-state index in [9.17, 15) is 0 Å². The van der Waals surface area contributed by atoms with E-state index in [0.29, 0.717) is 0 Å². The molecule has 0 saturated carbocycles. The van der Waals surface area contributed by atoms with E-state index in [0.717, 1.165) is 18.0 Å². The Labute approximate surface area is 100 Å². The molecule has 0 spiro atoms. The predicted molar refractivity (Wildman–Crippen MR) is 68.7 cm³/mol. The molecule has 16 heavy (non-hydrogen) atoms. The van der Waals surface area contributed by atoms with Crippen LogP contribution >= 0.6 is 0 Å². The molecule has 3 heteroatoms. The summed E-state index contributed by atoms with van der Waals surface area (Å²) in [6, 6.07) is 1.54. The first-order valence-corrected chi connectivity index (χ1v) is 6.79. The number of hydrogen-bond acceptors (Lipinski definition) is 3. The summed E-state index contributed by atoms with van der Waals surface area (Å²) in [5, 5.41) is 3.55. The van der Waals surface area contributed by atoms with Crippen molar-refractivity contribution in [1.82, 2.24) is 15.1 Å². The summed E-state index contributed by atoms with van der Waals surface area (Å²) in [6.07, 6.45) is 4.07. The van der Waals surface area contributed by atoms with Gasteiger partial charge in [-0.2, -0.15) is 0 Å². The van der Waals surface area contributed by atoms with Gasteiger partial charge in [-0.3, -0.25) is 0 Å². The maximum atomic E-state index is 3.55. The summed E-state index contributed by atoms with van der Waals surface area (Å²) in [6.45, 7) is 7.47. The first kappa shape index (κ1) is 12.3. The average Bonchev–Trinajstić information content (AvgIpc) is 2.65. The molecule has 0 aromatic heterocycles. The van der Waals surface area contributed by atoms with Crippen LogP contribution in [0.2, 0.25) is 0 Å². The van der Waals surface area contributed by atoms with Gasteiger partial charge in [0.05, 0.1) is 0 Å². The van der Waals surface area contributed by atoms with Crippen molar-refractivity contribution in [2.24, 2.45) is 5.92 Å². The summed E-state index contributed by atoms with van der Waals surface area (Å²) < 4.78 is 0. The highest BCUT2D eigenvalue weighted by Crippen LogP contribution is 2.20. The van der Waals surface area contributed by atoms with Crippen LogP contribution in [-0.4, -0.2) is 62.2 Å². The van der Waals surface area contributed by atoms with Gasteiger partial charge in [-0.25, -0.2) is 0 Å². The van der Waals surface area contributed by atoms with Crippen LogP contribution in [-0.2, 0) is 0 Å². The first-order valence-electron chi connectivity index (χ1n) is 6.79. The van der Waals surface area contributed by atoms with Gasteiger partial charge in [0.15, 0.2) is 0 Å². The van der Waals surface area contributed by atoms with Crippen LogP contribution in [0.15, 0.2) is 0 Å². The molecule has 2 heterocycles. The second-order valence-corrected chi connectivity index (χ2v) is 5.79. The standard InChI is InChI=1S/C13H27N3/c1-11-12(4-7-14-11)10-16-8-5-13(6-9-16)15(2)3/h11-14H,4-10H2,1-3H3. The lowest BCUT2D eigenvalue weighted by Crippen LogP contribution is -2.44. The largest absolute Gasteiger partial charge is 0.314 e. The lowest BCUT2D eigenvalue weighted by atomic mass is 9.98. The minimum absolute atomic E-state index is 0.728. The summed E-state index contributed by atoms with van der Waals surface area (Å²) in [4.78, 5) is 5.06. The van der Waals surface area contributed by atoms with Crippen molar-refractivity contribution in [2.75, 3.05) is 40.3 Å². The van der Waals surface area contributed by atoms with E-state index in [2.05, 4.69) is 36.1 Å². The van der Waals surface area contributed by atoms with Gasteiger partial charge < -0.3 is 15.1 Å². The van der Waals surface area contributed by atoms with Crippen LogP contribution < -0.4 is 5.32 Å². The molecule has 2 rings (SSSR count). The van der Waals surface area contributed by atoms with E-state index >= 15 is 0 Å². The molecule has 2 aliphatic heterocycles. The van der Waals surface area contributed by atoms with Crippen LogP contribution in [0.4, 0.5) is 0 Å². The Morgan fingerprint density at radius 1 is 1.19 bits per heavy atom. The van der Waals surface area contributed by atoms with E-state index in [1.807, 2.05) is 0 Å². The summed E-state index contributed by atoms with van der Waals surface area (Å²) >= 11 is 0. The molecular formula is C13H27N3. The van der Waals surface area contributed by atoms with Crippen molar-refractivity contribution >= 4 is 0 Å². The Morgan fingerprint density at radius 2 is 1.88 bits per heavy atom. The molecule has 2 aliphatic rings. The van der Waals surface area contributed by atoms with Gasteiger partial charge in [0.25, 0.3) is 0 Å². The molecule has 1 N–H and O–H groups in total. The van der Waals surface area contributed by atoms with Crippen LogP contribution in [0.1, 0.15) is 26.2 Å². The maximum absolute atomic E-state index is 3.55. The Hall–Kier alpha value is -0.120. The first-order chi connectivity index (χ1) is 7.66. The number of piperidine rings is 1. The molecule has 0 amide bonds. The number of nitrogens with zero attached hydrogens (tertiary/aromatic N) is 2. The third kappa shape index (κ3) is 2.96. The lowest BCUT2D eigenvalue weighted by Gasteiger charge is -2.36. The minimum atomic E-state index is 0.728.